The van der Waals surface area contributed by atoms with Crippen LogP contribution >= 0.6 is 0 Å². The molecule has 0 aromatic carbocycles. The average molecular weight is 143 g/mol. The van der Waals surface area contributed by atoms with E-state index in [1.165, 1.54) is 0 Å². The van der Waals surface area contributed by atoms with Crippen molar-refractivity contribution in [2.24, 2.45) is 11.7 Å². The van der Waals surface area contributed by atoms with Gasteiger partial charge in [-0.1, -0.05) is 19.9 Å². The molecule has 0 aliphatic carbocycles. The van der Waals surface area contributed by atoms with Crippen LogP contribution in [0.25, 0.3) is 0 Å². The molecule has 0 radical (unpaired) electrons. The number of aliphatic hydroxyl groups is 1. The Hall–Kier alpha value is -0.340. The molecule has 0 fully saturated rings. The van der Waals surface area contributed by atoms with Crippen LogP contribution in [0.3, 0.4) is 0 Å². The minimum Gasteiger partial charge on any atom is -0.391 e. The van der Waals surface area contributed by atoms with E-state index in [0.717, 1.165) is 6.42 Å². The first-order chi connectivity index (χ1) is 4.57. The molecule has 0 aliphatic rings. The predicted molar refractivity (Wildman–Crippen MR) is 43.6 cm³/mol. The molecule has 0 aliphatic heterocycles. The summed E-state index contributed by atoms with van der Waals surface area (Å²) in [6.45, 7) is 7.61. The van der Waals surface area contributed by atoms with E-state index >= 15 is 0 Å². The lowest BCUT2D eigenvalue weighted by molar-refractivity contribution is 0.135. The molecule has 0 aromatic rings. The summed E-state index contributed by atoms with van der Waals surface area (Å²) in [5.41, 5.74) is 5.50. The zero-order chi connectivity index (χ0) is 8.15. The van der Waals surface area contributed by atoms with E-state index in [1.54, 1.807) is 6.08 Å². The maximum absolute atomic E-state index is 9.29. The van der Waals surface area contributed by atoms with E-state index in [-0.39, 0.29) is 6.04 Å². The van der Waals surface area contributed by atoms with Gasteiger partial charge in [0.15, 0.2) is 0 Å². The Morgan fingerprint density at radius 2 is 2.10 bits per heavy atom. The molecule has 0 amide bonds. The zero-order valence-corrected chi connectivity index (χ0v) is 6.75. The van der Waals surface area contributed by atoms with Crippen LogP contribution in [0.15, 0.2) is 12.7 Å². The van der Waals surface area contributed by atoms with E-state index in [4.69, 9.17) is 5.73 Å². The van der Waals surface area contributed by atoms with Crippen molar-refractivity contribution < 1.29 is 5.11 Å². The second kappa shape index (κ2) is 4.47. The third-order valence-electron chi connectivity index (χ3n) is 1.43. The van der Waals surface area contributed by atoms with Crippen LogP contribution in [-0.2, 0) is 0 Å². The van der Waals surface area contributed by atoms with Gasteiger partial charge in [-0.2, -0.15) is 0 Å². The summed E-state index contributed by atoms with van der Waals surface area (Å²) in [7, 11) is 0. The van der Waals surface area contributed by atoms with E-state index in [0.29, 0.717) is 5.92 Å². The highest BCUT2D eigenvalue weighted by atomic mass is 16.3. The Morgan fingerprint density at radius 3 is 2.40 bits per heavy atom. The molecule has 0 aromatic heterocycles. The molecule has 0 heterocycles. The van der Waals surface area contributed by atoms with E-state index < -0.39 is 6.10 Å². The molecule has 0 saturated carbocycles. The summed E-state index contributed by atoms with van der Waals surface area (Å²) < 4.78 is 0. The second-order valence-corrected chi connectivity index (χ2v) is 3.01. The van der Waals surface area contributed by atoms with Gasteiger partial charge in [0.1, 0.15) is 0 Å². The maximum atomic E-state index is 9.29. The monoisotopic (exact) mass is 143 g/mol. The Balaban J connectivity index is 3.60. The largest absolute Gasteiger partial charge is 0.391 e. The molecule has 0 bridgehead atoms. The van der Waals surface area contributed by atoms with Crippen molar-refractivity contribution in [1.82, 2.24) is 0 Å². The summed E-state index contributed by atoms with van der Waals surface area (Å²) in [5, 5.41) is 9.29. The fourth-order valence-electron chi connectivity index (χ4n) is 0.797. The van der Waals surface area contributed by atoms with Crippen molar-refractivity contribution in [2.45, 2.75) is 32.4 Å². The Morgan fingerprint density at radius 1 is 1.60 bits per heavy atom. The molecule has 60 valence electrons. The molecular formula is C8H17NO. The van der Waals surface area contributed by atoms with Crippen molar-refractivity contribution in [3.63, 3.8) is 0 Å². The van der Waals surface area contributed by atoms with Crippen molar-refractivity contribution >= 4 is 0 Å². The van der Waals surface area contributed by atoms with Crippen LogP contribution in [0.2, 0.25) is 0 Å². The van der Waals surface area contributed by atoms with E-state index in [1.807, 2.05) is 0 Å². The van der Waals surface area contributed by atoms with Gasteiger partial charge in [-0.05, 0) is 12.3 Å². The molecule has 3 N–H and O–H groups in total. The summed E-state index contributed by atoms with van der Waals surface area (Å²) in [6, 6.07) is -0.276. The van der Waals surface area contributed by atoms with Gasteiger partial charge in [0.25, 0.3) is 0 Å². The van der Waals surface area contributed by atoms with Gasteiger partial charge in [0.05, 0.1) is 6.10 Å². The van der Waals surface area contributed by atoms with Gasteiger partial charge in [0.2, 0.25) is 0 Å². The van der Waals surface area contributed by atoms with Gasteiger partial charge in [-0.3, -0.25) is 0 Å². The Kier molecular flexibility index (Phi) is 4.32. The van der Waals surface area contributed by atoms with Crippen LogP contribution in [0.1, 0.15) is 20.3 Å². The third-order valence-corrected chi connectivity index (χ3v) is 1.43. The average Bonchev–Trinajstić information content (AvgIpc) is 1.85. The van der Waals surface area contributed by atoms with Crippen molar-refractivity contribution in [1.29, 1.82) is 0 Å². The lowest BCUT2D eigenvalue weighted by Crippen LogP contribution is -2.33. The van der Waals surface area contributed by atoms with E-state index in [2.05, 4.69) is 20.4 Å². The summed E-state index contributed by atoms with van der Waals surface area (Å²) in [4.78, 5) is 0. The smallest absolute Gasteiger partial charge is 0.0729 e. The Labute approximate surface area is 62.7 Å². The van der Waals surface area contributed by atoms with Gasteiger partial charge in [0, 0.05) is 6.04 Å². The van der Waals surface area contributed by atoms with Crippen LogP contribution in [-0.4, -0.2) is 17.3 Å². The van der Waals surface area contributed by atoms with Crippen molar-refractivity contribution in [3.8, 4) is 0 Å². The first-order valence-electron chi connectivity index (χ1n) is 3.64. The van der Waals surface area contributed by atoms with Crippen molar-refractivity contribution in [2.75, 3.05) is 0 Å². The summed E-state index contributed by atoms with van der Waals surface area (Å²) >= 11 is 0. The van der Waals surface area contributed by atoms with Gasteiger partial charge in [-0.25, -0.2) is 0 Å². The third kappa shape index (κ3) is 3.64. The lowest BCUT2D eigenvalue weighted by atomic mass is 10.0. The highest BCUT2D eigenvalue weighted by molar-refractivity contribution is 4.88. The second-order valence-electron chi connectivity index (χ2n) is 3.01. The fourth-order valence-corrected chi connectivity index (χ4v) is 0.797. The van der Waals surface area contributed by atoms with Crippen LogP contribution in [0.4, 0.5) is 0 Å². The molecule has 0 saturated heterocycles. The maximum Gasteiger partial charge on any atom is 0.0729 e. The first kappa shape index (κ1) is 9.66. The predicted octanol–water partition coefficient (Wildman–Crippen LogP) is 0.907. The van der Waals surface area contributed by atoms with Gasteiger partial charge < -0.3 is 10.8 Å². The highest BCUT2D eigenvalue weighted by Crippen LogP contribution is 2.06. The molecule has 2 nitrogen and oxygen atoms in total. The SMILES string of the molecule is C=C[C@@H](N)[C@@H](O)CC(C)C. The highest BCUT2D eigenvalue weighted by Gasteiger charge is 2.11. The summed E-state index contributed by atoms with van der Waals surface area (Å²) in [5.74, 6) is 0.487. The van der Waals surface area contributed by atoms with Crippen LogP contribution < -0.4 is 5.73 Å². The fraction of sp³-hybridized carbons (Fsp3) is 0.750. The first-order valence-corrected chi connectivity index (χ1v) is 3.64. The standard InChI is InChI=1S/C8H17NO/c1-4-7(9)8(10)5-6(2)3/h4,6-8,10H,1,5,9H2,2-3H3/t7-,8+/m1/s1. The van der Waals surface area contributed by atoms with E-state index in [9.17, 15) is 5.11 Å². The molecular weight excluding hydrogens is 126 g/mol. The summed E-state index contributed by atoms with van der Waals surface area (Å²) in [6.07, 6.45) is 1.89. The zero-order valence-electron chi connectivity index (χ0n) is 6.75. The normalized spacial score (nSPS) is 16.9. The minimum atomic E-state index is -0.433. The minimum absolute atomic E-state index is 0.276. The lowest BCUT2D eigenvalue weighted by Gasteiger charge is -2.16. The van der Waals surface area contributed by atoms with Crippen molar-refractivity contribution in [3.05, 3.63) is 12.7 Å². The quantitative estimate of drug-likeness (QED) is 0.574. The molecule has 0 spiro atoms. The molecule has 0 rings (SSSR count). The number of nitrogens with two attached hydrogens (primary N) is 1. The van der Waals surface area contributed by atoms with Gasteiger partial charge in [-0.15, -0.1) is 6.58 Å². The number of rotatable bonds is 4. The molecule has 2 atom stereocenters. The van der Waals surface area contributed by atoms with Gasteiger partial charge >= 0.3 is 0 Å². The Bertz CT molecular complexity index is 101. The topological polar surface area (TPSA) is 46.2 Å². The van der Waals surface area contributed by atoms with Crippen LogP contribution in [0.5, 0.6) is 0 Å². The molecule has 2 heteroatoms. The molecule has 10 heavy (non-hydrogen) atoms. The number of hydrogen-bond acceptors (Lipinski definition) is 2. The van der Waals surface area contributed by atoms with Crippen LogP contribution in [0, 0.1) is 5.92 Å². The number of hydrogen-bond donors (Lipinski definition) is 2. The number of aliphatic hydroxyl groups excluding tert-OH is 1. The molecule has 0 unspecified atom stereocenters.